The molecule has 2 atom stereocenters. The Bertz CT molecular complexity index is 373. The number of nitrogens with zero attached hydrogens (tertiary/aromatic N) is 1. The summed E-state index contributed by atoms with van der Waals surface area (Å²) in [5, 5.41) is 9.23. The summed E-state index contributed by atoms with van der Waals surface area (Å²) < 4.78 is 5.18. The Kier molecular flexibility index (Phi) is 4.27. The van der Waals surface area contributed by atoms with Crippen LogP contribution in [0.2, 0.25) is 0 Å². The van der Waals surface area contributed by atoms with Gasteiger partial charge in [-0.25, -0.2) is 4.79 Å². The lowest BCUT2D eigenvalue weighted by Gasteiger charge is -2.40. The summed E-state index contributed by atoms with van der Waals surface area (Å²) in [6.07, 6.45) is 0.0836. The van der Waals surface area contributed by atoms with E-state index < -0.39 is 23.0 Å². The fraction of sp³-hybridized carbons (Fsp3) is 0.846. The summed E-state index contributed by atoms with van der Waals surface area (Å²) in [5.74, 6) is -1.24. The van der Waals surface area contributed by atoms with Crippen molar-refractivity contribution in [3.05, 3.63) is 0 Å². The molecule has 0 aromatic heterocycles. The highest BCUT2D eigenvalue weighted by atomic mass is 16.5. The quantitative estimate of drug-likeness (QED) is 0.775. The molecule has 1 amide bonds. The van der Waals surface area contributed by atoms with Crippen LogP contribution in [0.25, 0.3) is 0 Å². The fourth-order valence-electron chi connectivity index (χ4n) is 2.06. The zero-order valence-electron chi connectivity index (χ0n) is 12.3. The van der Waals surface area contributed by atoms with Gasteiger partial charge in [0.2, 0.25) is 5.91 Å². The third-order valence-corrected chi connectivity index (χ3v) is 4.29. The largest absolute Gasteiger partial charge is 0.480 e. The van der Waals surface area contributed by atoms with E-state index in [1.807, 2.05) is 0 Å². The first kappa shape index (κ1) is 15.9. The molecule has 0 saturated carbocycles. The monoisotopic (exact) mass is 272 g/mol. The minimum atomic E-state index is -1.00. The van der Waals surface area contributed by atoms with Gasteiger partial charge in [0.15, 0.2) is 0 Å². The molecule has 6 nitrogen and oxygen atoms in total. The normalized spacial score (nSPS) is 24.6. The lowest BCUT2D eigenvalue weighted by Crippen LogP contribution is -2.58. The zero-order chi connectivity index (χ0) is 15.0. The molecule has 0 radical (unpaired) electrons. The Balaban J connectivity index is 3.00. The van der Waals surface area contributed by atoms with E-state index >= 15 is 0 Å². The van der Waals surface area contributed by atoms with Gasteiger partial charge < -0.3 is 20.5 Å². The van der Waals surface area contributed by atoms with E-state index in [1.54, 1.807) is 27.7 Å². The second-order valence-corrected chi connectivity index (χ2v) is 6.25. The van der Waals surface area contributed by atoms with Gasteiger partial charge in [0.1, 0.15) is 6.04 Å². The Hall–Kier alpha value is -1.14. The molecule has 6 heteroatoms. The highest BCUT2D eigenvalue weighted by Crippen LogP contribution is 2.34. The van der Waals surface area contributed by atoms with E-state index in [0.717, 1.165) is 0 Å². The Morgan fingerprint density at radius 3 is 2.21 bits per heavy atom. The van der Waals surface area contributed by atoms with Crippen molar-refractivity contribution in [1.29, 1.82) is 0 Å². The summed E-state index contributed by atoms with van der Waals surface area (Å²) in [5.41, 5.74) is 4.46. The number of likely N-dealkylation sites (tertiary alicyclic amines) is 1. The number of nitrogens with two attached hydrogens (primary N) is 1. The molecule has 1 aliphatic heterocycles. The van der Waals surface area contributed by atoms with Gasteiger partial charge in [0.25, 0.3) is 0 Å². The summed E-state index contributed by atoms with van der Waals surface area (Å²) in [6, 6.07) is -0.834. The molecule has 19 heavy (non-hydrogen) atoms. The molecular formula is C13H24N2O4. The number of rotatable bonds is 4. The first-order valence-electron chi connectivity index (χ1n) is 6.38. The van der Waals surface area contributed by atoms with Gasteiger partial charge in [-0.15, -0.1) is 0 Å². The van der Waals surface area contributed by atoms with Crippen molar-refractivity contribution in [2.75, 3.05) is 13.7 Å². The van der Waals surface area contributed by atoms with Gasteiger partial charge in [-0.2, -0.15) is 0 Å². The van der Waals surface area contributed by atoms with Crippen LogP contribution in [0.4, 0.5) is 0 Å². The van der Waals surface area contributed by atoms with E-state index in [4.69, 9.17) is 10.5 Å². The van der Waals surface area contributed by atoms with Crippen molar-refractivity contribution in [2.45, 2.75) is 51.8 Å². The molecule has 0 spiro atoms. The van der Waals surface area contributed by atoms with Gasteiger partial charge in [-0.3, -0.25) is 4.79 Å². The van der Waals surface area contributed by atoms with Crippen LogP contribution in [0, 0.1) is 5.41 Å². The molecule has 0 aliphatic carbocycles. The van der Waals surface area contributed by atoms with Crippen LogP contribution in [0.15, 0.2) is 0 Å². The number of aliphatic carboxylic acids is 1. The predicted molar refractivity (Wildman–Crippen MR) is 70.6 cm³/mol. The van der Waals surface area contributed by atoms with Crippen LogP contribution in [-0.4, -0.2) is 53.2 Å². The maximum absolute atomic E-state index is 12.6. The van der Waals surface area contributed by atoms with Crippen molar-refractivity contribution in [3.63, 3.8) is 0 Å². The van der Waals surface area contributed by atoms with Crippen LogP contribution in [-0.2, 0) is 14.3 Å². The number of carboxylic acid groups (broad SMARTS) is 1. The highest BCUT2D eigenvalue weighted by molar-refractivity contribution is 5.88. The molecule has 1 aliphatic rings. The average molecular weight is 272 g/mol. The lowest BCUT2D eigenvalue weighted by atomic mass is 9.74. The maximum Gasteiger partial charge on any atom is 0.326 e. The van der Waals surface area contributed by atoms with E-state index in [9.17, 15) is 14.7 Å². The Labute approximate surface area is 113 Å². The average Bonchev–Trinajstić information content (AvgIpc) is 2.70. The van der Waals surface area contributed by atoms with E-state index in [-0.39, 0.29) is 12.0 Å². The molecule has 2 unspecified atom stereocenters. The van der Waals surface area contributed by atoms with Crippen molar-refractivity contribution in [3.8, 4) is 0 Å². The third kappa shape index (κ3) is 2.90. The van der Waals surface area contributed by atoms with Crippen LogP contribution in [0.3, 0.4) is 0 Å². The van der Waals surface area contributed by atoms with Crippen LogP contribution in [0.1, 0.15) is 34.1 Å². The topological polar surface area (TPSA) is 92.9 Å². The first-order chi connectivity index (χ1) is 8.52. The SMILES string of the molecule is COC1CC(C(=O)O)N(C(=O)C(C)(C)C(C)(C)N)C1. The molecule has 1 fully saturated rings. The standard InChI is InChI=1S/C13H24N2O4/c1-12(2,13(3,4)14)11(18)15-7-8(19-5)6-9(15)10(16)17/h8-9H,6-7,14H2,1-5H3,(H,16,17). The number of methoxy groups -OCH3 is 1. The highest BCUT2D eigenvalue weighted by Gasteiger charge is 2.48. The van der Waals surface area contributed by atoms with Crippen molar-refractivity contribution < 1.29 is 19.4 Å². The minimum absolute atomic E-state index is 0.235. The number of amides is 1. The van der Waals surface area contributed by atoms with Crippen LogP contribution < -0.4 is 5.73 Å². The third-order valence-electron chi connectivity index (χ3n) is 4.29. The molecular weight excluding hydrogens is 248 g/mol. The van der Waals surface area contributed by atoms with Gasteiger partial charge in [0, 0.05) is 25.6 Å². The molecule has 1 heterocycles. The van der Waals surface area contributed by atoms with E-state index in [0.29, 0.717) is 13.0 Å². The first-order valence-corrected chi connectivity index (χ1v) is 6.38. The van der Waals surface area contributed by atoms with Gasteiger partial charge in [0.05, 0.1) is 11.5 Å². The van der Waals surface area contributed by atoms with Crippen molar-refractivity contribution in [2.24, 2.45) is 11.1 Å². The van der Waals surface area contributed by atoms with Gasteiger partial charge in [-0.05, 0) is 27.7 Å². The summed E-state index contributed by atoms with van der Waals surface area (Å²) in [6.45, 7) is 7.32. The maximum atomic E-state index is 12.6. The van der Waals surface area contributed by atoms with E-state index in [1.165, 1.54) is 12.0 Å². The number of carbonyl (C=O) groups excluding carboxylic acids is 1. The molecule has 0 bridgehead atoms. The predicted octanol–water partition coefficient (Wildman–Crippen LogP) is 0.450. The zero-order valence-corrected chi connectivity index (χ0v) is 12.3. The molecule has 0 aromatic rings. The smallest absolute Gasteiger partial charge is 0.326 e. The Morgan fingerprint density at radius 2 is 1.84 bits per heavy atom. The summed E-state index contributed by atoms with van der Waals surface area (Å²) in [4.78, 5) is 25.3. The minimum Gasteiger partial charge on any atom is -0.480 e. The molecule has 0 aromatic carbocycles. The lowest BCUT2D eigenvalue weighted by molar-refractivity contribution is -0.154. The number of ether oxygens (including phenoxy) is 1. The summed E-state index contributed by atoms with van der Waals surface area (Å²) in [7, 11) is 1.52. The fourth-order valence-corrected chi connectivity index (χ4v) is 2.06. The molecule has 3 N–H and O–H groups in total. The number of hydrogen-bond donors (Lipinski definition) is 2. The van der Waals surface area contributed by atoms with Crippen molar-refractivity contribution in [1.82, 2.24) is 4.90 Å². The Morgan fingerprint density at radius 1 is 1.32 bits per heavy atom. The van der Waals surface area contributed by atoms with Crippen molar-refractivity contribution >= 4 is 11.9 Å². The van der Waals surface area contributed by atoms with Gasteiger partial charge >= 0.3 is 5.97 Å². The number of carbonyl (C=O) groups is 2. The van der Waals surface area contributed by atoms with E-state index in [2.05, 4.69) is 0 Å². The second kappa shape index (κ2) is 5.09. The number of hydrogen-bond acceptors (Lipinski definition) is 4. The summed E-state index contributed by atoms with van der Waals surface area (Å²) >= 11 is 0. The van der Waals surface area contributed by atoms with Gasteiger partial charge in [-0.1, -0.05) is 0 Å². The van der Waals surface area contributed by atoms with Crippen LogP contribution in [0.5, 0.6) is 0 Å². The molecule has 110 valence electrons. The second-order valence-electron chi connectivity index (χ2n) is 6.25. The molecule has 1 rings (SSSR count). The number of carboxylic acids is 1. The van der Waals surface area contributed by atoms with Crippen LogP contribution >= 0.6 is 0 Å². The molecule has 1 saturated heterocycles.